The Hall–Kier alpha value is -1.86. The van der Waals surface area contributed by atoms with Crippen LogP contribution in [0.15, 0.2) is 34.0 Å². The quantitative estimate of drug-likeness (QED) is 0.773. The Balaban J connectivity index is 2.18. The van der Waals surface area contributed by atoms with Crippen LogP contribution in [0.25, 0.3) is 0 Å². The van der Waals surface area contributed by atoms with Crippen molar-refractivity contribution in [2.24, 2.45) is 0 Å². The van der Waals surface area contributed by atoms with Gasteiger partial charge >= 0.3 is 0 Å². The molecule has 0 spiro atoms. The van der Waals surface area contributed by atoms with Crippen LogP contribution in [0.2, 0.25) is 0 Å². The number of aromatic nitrogens is 2. The maximum Gasteiger partial charge on any atom is 0.264 e. The van der Waals surface area contributed by atoms with E-state index in [1.54, 1.807) is 18.2 Å². The lowest BCUT2D eigenvalue weighted by atomic mass is 10.1. The Morgan fingerprint density at radius 3 is 2.42 bits per heavy atom. The van der Waals surface area contributed by atoms with Gasteiger partial charge in [-0.05, 0) is 37.1 Å². The van der Waals surface area contributed by atoms with Crippen LogP contribution >= 0.6 is 0 Å². The molecule has 7 heteroatoms. The first-order chi connectivity index (χ1) is 8.88. The topological polar surface area (TPSA) is 94.8 Å². The highest BCUT2D eigenvalue weighted by Crippen LogP contribution is 2.14. The largest absolute Gasteiger partial charge is 0.301 e. The van der Waals surface area contributed by atoms with Crippen LogP contribution < -0.4 is 10.3 Å². The number of H-pyrrole nitrogens is 2. The van der Waals surface area contributed by atoms with Crippen LogP contribution in [-0.2, 0) is 16.6 Å². The van der Waals surface area contributed by atoms with Gasteiger partial charge in [0.1, 0.15) is 0 Å². The van der Waals surface area contributed by atoms with Gasteiger partial charge in [-0.15, -0.1) is 0 Å². The van der Waals surface area contributed by atoms with Crippen molar-refractivity contribution in [3.05, 3.63) is 51.4 Å². The van der Waals surface area contributed by atoms with E-state index in [9.17, 15) is 13.2 Å². The van der Waals surface area contributed by atoms with Crippen molar-refractivity contribution in [2.45, 2.75) is 25.3 Å². The molecule has 102 valence electrons. The fourth-order valence-corrected chi connectivity index (χ4v) is 2.70. The van der Waals surface area contributed by atoms with Crippen LogP contribution in [0.3, 0.4) is 0 Å². The van der Waals surface area contributed by atoms with Gasteiger partial charge in [0.2, 0.25) is 10.0 Å². The monoisotopic (exact) mass is 281 g/mol. The lowest BCUT2D eigenvalue weighted by Crippen LogP contribution is -2.23. The number of hydrogen-bond donors (Lipinski definition) is 3. The van der Waals surface area contributed by atoms with Crippen molar-refractivity contribution in [1.29, 1.82) is 0 Å². The third kappa shape index (κ3) is 3.12. The molecule has 6 nitrogen and oxygen atoms in total. The van der Waals surface area contributed by atoms with Crippen LogP contribution in [0.1, 0.15) is 16.8 Å². The summed E-state index contributed by atoms with van der Waals surface area (Å²) in [4.78, 5) is 11.1. The normalized spacial score (nSPS) is 11.7. The first-order valence-electron chi connectivity index (χ1n) is 5.72. The summed E-state index contributed by atoms with van der Waals surface area (Å²) in [5.74, 6) is 0. The number of aryl methyl sites for hydroxylation is 2. The van der Waals surface area contributed by atoms with E-state index in [1.807, 2.05) is 13.8 Å². The minimum absolute atomic E-state index is 0.0357. The van der Waals surface area contributed by atoms with Gasteiger partial charge in [0, 0.05) is 6.07 Å². The third-order valence-electron chi connectivity index (χ3n) is 2.89. The molecule has 0 saturated carbocycles. The summed E-state index contributed by atoms with van der Waals surface area (Å²) in [6.07, 6.45) is 0. The molecule has 3 N–H and O–H groups in total. The van der Waals surface area contributed by atoms with Crippen molar-refractivity contribution in [3.63, 3.8) is 0 Å². The number of sulfonamides is 1. The molecule has 1 aromatic carbocycles. The molecule has 0 radical (unpaired) electrons. The maximum atomic E-state index is 12.1. The SMILES string of the molecule is Cc1ccc(S(=O)(=O)NCc2cc(=O)[nH][nH]2)cc1C. The lowest BCUT2D eigenvalue weighted by molar-refractivity contribution is 0.580. The van der Waals surface area contributed by atoms with Gasteiger partial charge in [0.15, 0.2) is 0 Å². The zero-order chi connectivity index (χ0) is 14.0. The lowest BCUT2D eigenvalue weighted by Gasteiger charge is -2.07. The smallest absolute Gasteiger partial charge is 0.264 e. The van der Waals surface area contributed by atoms with E-state index in [0.29, 0.717) is 5.69 Å². The summed E-state index contributed by atoms with van der Waals surface area (Å²) in [7, 11) is -3.57. The molecule has 0 aliphatic heterocycles. The molecule has 0 aliphatic rings. The minimum Gasteiger partial charge on any atom is -0.301 e. The second-order valence-corrected chi connectivity index (χ2v) is 6.12. The molecule has 19 heavy (non-hydrogen) atoms. The van der Waals surface area contributed by atoms with Crippen molar-refractivity contribution in [1.82, 2.24) is 14.9 Å². The average Bonchev–Trinajstić information content (AvgIpc) is 2.76. The fourth-order valence-electron chi connectivity index (χ4n) is 1.60. The highest BCUT2D eigenvalue weighted by molar-refractivity contribution is 7.89. The molecular formula is C12H15N3O3S. The van der Waals surface area contributed by atoms with Gasteiger partial charge in [0.25, 0.3) is 5.56 Å². The molecular weight excluding hydrogens is 266 g/mol. The number of aromatic amines is 2. The van der Waals surface area contributed by atoms with Gasteiger partial charge in [0.05, 0.1) is 17.1 Å². The molecule has 1 heterocycles. The summed E-state index contributed by atoms with van der Waals surface area (Å²) in [6, 6.07) is 6.26. The Kier molecular flexibility index (Phi) is 3.59. The molecule has 0 unspecified atom stereocenters. The number of rotatable bonds is 4. The fraction of sp³-hybridized carbons (Fsp3) is 0.250. The van der Waals surface area contributed by atoms with Gasteiger partial charge in [-0.2, -0.15) is 0 Å². The molecule has 0 fully saturated rings. The van der Waals surface area contributed by atoms with Crippen molar-refractivity contribution in [2.75, 3.05) is 0 Å². The van der Waals surface area contributed by atoms with Gasteiger partial charge < -0.3 is 5.10 Å². The van der Waals surface area contributed by atoms with E-state index in [4.69, 9.17) is 0 Å². The van der Waals surface area contributed by atoms with Gasteiger partial charge in [-0.3, -0.25) is 9.89 Å². The summed E-state index contributed by atoms with van der Waals surface area (Å²) in [5.41, 5.74) is 2.14. The highest BCUT2D eigenvalue weighted by atomic mass is 32.2. The summed E-state index contributed by atoms with van der Waals surface area (Å²) < 4.78 is 26.6. The molecule has 0 bridgehead atoms. The van der Waals surface area contributed by atoms with Crippen molar-refractivity contribution < 1.29 is 8.42 Å². The van der Waals surface area contributed by atoms with Gasteiger partial charge in [-0.1, -0.05) is 6.07 Å². The average molecular weight is 281 g/mol. The standard InChI is InChI=1S/C12H15N3O3S/c1-8-3-4-11(5-9(8)2)19(17,18)13-7-10-6-12(16)15-14-10/h3-6,13H,7H2,1-2H3,(H2,14,15,16). The Morgan fingerprint density at radius 2 is 1.84 bits per heavy atom. The van der Waals surface area contributed by atoms with Crippen LogP contribution in [0.4, 0.5) is 0 Å². The van der Waals surface area contributed by atoms with E-state index in [-0.39, 0.29) is 17.0 Å². The van der Waals surface area contributed by atoms with Crippen LogP contribution in [0.5, 0.6) is 0 Å². The summed E-state index contributed by atoms with van der Waals surface area (Å²) in [6.45, 7) is 3.82. The number of hydrogen-bond acceptors (Lipinski definition) is 3. The zero-order valence-corrected chi connectivity index (χ0v) is 11.5. The van der Waals surface area contributed by atoms with E-state index >= 15 is 0 Å². The van der Waals surface area contributed by atoms with E-state index in [1.165, 1.54) is 6.07 Å². The van der Waals surface area contributed by atoms with Crippen LogP contribution in [-0.4, -0.2) is 18.6 Å². The zero-order valence-electron chi connectivity index (χ0n) is 10.6. The van der Waals surface area contributed by atoms with Crippen molar-refractivity contribution in [3.8, 4) is 0 Å². The minimum atomic E-state index is -3.57. The predicted molar refractivity (Wildman–Crippen MR) is 71.4 cm³/mol. The maximum absolute atomic E-state index is 12.1. The van der Waals surface area contributed by atoms with E-state index in [0.717, 1.165) is 11.1 Å². The predicted octanol–water partition coefficient (Wildman–Crippen LogP) is 0.798. The number of benzene rings is 1. The van der Waals surface area contributed by atoms with E-state index in [2.05, 4.69) is 14.9 Å². The second kappa shape index (κ2) is 5.02. The molecule has 1 aromatic heterocycles. The first kappa shape index (κ1) is 13.6. The first-order valence-corrected chi connectivity index (χ1v) is 7.20. The van der Waals surface area contributed by atoms with E-state index < -0.39 is 10.0 Å². The Labute approximate surface area is 110 Å². The highest BCUT2D eigenvalue weighted by Gasteiger charge is 2.14. The van der Waals surface area contributed by atoms with Crippen molar-refractivity contribution >= 4 is 10.0 Å². The summed E-state index contributed by atoms with van der Waals surface area (Å²) >= 11 is 0. The summed E-state index contributed by atoms with van der Waals surface area (Å²) in [5, 5.41) is 4.93. The van der Waals surface area contributed by atoms with Crippen LogP contribution in [0, 0.1) is 13.8 Å². The second-order valence-electron chi connectivity index (χ2n) is 4.35. The Bertz CT molecular complexity index is 744. The molecule has 0 saturated heterocycles. The molecule has 0 amide bonds. The third-order valence-corrected chi connectivity index (χ3v) is 4.29. The van der Waals surface area contributed by atoms with Gasteiger partial charge in [-0.25, -0.2) is 13.1 Å². The molecule has 2 aromatic rings. The molecule has 0 aliphatic carbocycles. The number of nitrogens with one attached hydrogen (secondary N) is 3. The molecule has 2 rings (SSSR count). The molecule has 0 atom stereocenters. The Morgan fingerprint density at radius 1 is 1.11 bits per heavy atom.